The second kappa shape index (κ2) is 32.0. The summed E-state index contributed by atoms with van der Waals surface area (Å²) in [5, 5.41) is 18.4. The second-order valence-corrected chi connectivity index (χ2v) is 27.1. The van der Waals surface area contributed by atoms with Crippen LogP contribution in [0.5, 0.6) is 34.9 Å². The summed E-state index contributed by atoms with van der Waals surface area (Å²) in [6, 6.07) is 26.8. The number of nitrogens with one attached hydrogen (secondary N) is 3. The van der Waals surface area contributed by atoms with Gasteiger partial charge in [-0.3, -0.25) is 4.90 Å². The first-order valence-corrected chi connectivity index (χ1v) is 34.6. The van der Waals surface area contributed by atoms with Crippen molar-refractivity contribution in [1.82, 2.24) is 49.5 Å². The van der Waals surface area contributed by atoms with E-state index in [2.05, 4.69) is 79.5 Å². The topological polar surface area (TPSA) is 181 Å². The average Bonchev–Trinajstić information content (AvgIpc) is 1.31. The van der Waals surface area contributed by atoms with E-state index >= 15 is 13.2 Å². The fourth-order valence-electron chi connectivity index (χ4n) is 13.3. The van der Waals surface area contributed by atoms with Crippen LogP contribution in [-0.2, 0) is 38.6 Å². The molecule has 0 spiro atoms. The molecule has 3 aliphatic carbocycles. The number of halogens is 9. The number of hydrogen-bond acceptors (Lipinski definition) is 19. The average molecular weight is 1460 g/mol. The van der Waals surface area contributed by atoms with Crippen LogP contribution in [-0.4, -0.2) is 154 Å². The SMILES string of the molecule is CC1=Cc2c(ccc(Oc3ncnc(Nc4ccc(CN5CCN(C)CC5)cc4)c3F)c2F)C1.CC1=Cc2c(ccc(Oc3ncnc(Nc4ccc(N5CCN(C)CC5)c(C(F)(F)F)c4)c3F)c2F)C1.CC1=Cc2c(ccc(Oc3ncnc(Nc4ccc(N5CCN(C)CC5)cc4CO)c3F)c2F)C1. The summed E-state index contributed by atoms with van der Waals surface area (Å²) in [5.41, 5.74) is 10.2. The number of aliphatic hydroxyl groups excluding tert-OH is 1. The minimum absolute atomic E-state index is 0.0157. The number of benzene rings is 6. The molecule has 3 fully saturated rings. The molecule has 3 aliphatic heterocycles. The van der Waals surface area contributed by atoms with Gasteiger partial charge in [-0.1, -0.05) is 65.3 Å². The highest BCUT2D eigenvalue weighted by molar-refractivity contribution is 5.71. The van der Waals surface area contributed by atoms with Crippen molar-refractivity contribution >= 4 is 64.1 Å². The summed E-state index contributed by atoms with van der Waals surface area (Å²) in [7, 11) is 6.15. The number of allylic oxidation sites excluding steroid dienone is 3. The van der Waals surface area contributed by atoms with Crippen molar-refractivity contribution in [2.24, 2.45) is 0 Å². The zero-order chi connectivity index (χ0) is 74.5. The largest absolute Gasteiger partial charge is 0.433 e. The van der Waals surface area contributed by atoms with Gasteiger partial charge in [0.05, 0.1) is 12.2 Å². The molecule has 19 nitrogen and oxygen atoms in total. The van der Waals surface area contributed by atoms with E-state index in [0.717, 1.165) is 117 Å². The van der Waals surface area contributed by atoms with Crippen LogP contribution in [0.25, 0.3) is 18.2 Å². The Labute approximate surface area is 607 Å². The molecule has 6 aromatic carbocycles. The summed E-state index contributed by atoms with van der Waals surface area (Å²) < 4.78 is 148. The molecule has 106 heavy (non-hydrogen) atoms. The summed E-state index contributed by atoms with van der Waals surface area (Å²) in [6.45, 7) is 16.6. The highest BCUT2D eigenvalue weighted by atomic mass is 19.4. The van der Waals surface area contributed by atoms with Crippen LogP contribution < -0.4 is 40.0 Å². The second-order valence-electron chi connectivity index (χ2n) is 27.1. The van der Waals surface area contributed by atoms with Crippen molar-refractivity contribution in [3.8, 4) is 34.9 Å². The molecule has 0 unspecified atom stereocenters. The van der Waals surface area contributed by atoms with Crippen LogP contribution in [0.1, 0.15) is 70.8 Å². The first-order valence-electron chi connectivity index (χ1n) is 34.6. The van der Waals surface area contributed by atoms with Gasteiger partial charge in [-0.15, -0.1) is 0 Å². The fourth-order valence-corrected chi connectivity index (χ4v) is 13.3. The molecular formula is C78H78F9N15O4. The third-order valence-corrected chi connectivity index (χ3v) is 19.2. The number of anilines is 8. The molecule has 0 radical (unpaired) electrons. The Kier molecular flexibility index (Phi) is 22.2. The highest BCUT2D eigenvalue weighted by Gasteiger charge is 2.36. The molecule has 6 heterocycles. The Balaban J connectivity index is 0.000000141. The number of nitrogens with zero attached hydrogens (tertiary/aromatic N) is 12. The predicted octanol–water partition coefficient (Wildman–Crippen LogP) is 15.5. The smallest absolute Gasteiger partial charge is 0.418 e. The van der Waals surface area contributed by atoms with Crippen LogP contribution in [0.2, 0.25) is 0 Å². The summed E-state index contributed by atoms with van der Waals surface area (Å²) >= 11 is 0. The van der Waals surface area contributed by atoms with E-state index in [1.54, 1.807) is 47.4 Å². The molecule has 552 valence electrons. The van der Waals surface area contributed by atoms with Crippen LogP contribution in [0.15, 0.2) is 133 Å². The van der Waals surface area contributed by atoms with Crippen molar-refractivity contribution in [1.29, 1.82) is 0 Å². The lowest BCUT2D eigenvalue weighted by Crippen LogP contribution is -2.45. The number of alkyl halides is 3. The van der Waals surface area contributed by atoms with Crippen molar-refractivity contribution < 1.29 is 58.8 Å². The standard InChI is InChI=1S/C26H24F5N5O.C26H27F2N5O2.C26H27F2N5O/c1-15-11-16-3-6-21(22(27)18(16)12-15)37-25-23(28)24(32-14-33-25)34-17-4-5-20(19(13-17)26(29,30)31)36-9-7-35(2)8-10-36;1-16-11-17-3-6-22(23(27)20(17)12-16)35-26-24(28)25(29-15-30-26)31-21-5-4-19(13-18(21)14-34)33-9-7-32(2)8-10-33;1-17-13-19-5-8-22(23(27)21(19)14-17)34-26-24(28)25(29-16-30-26)31-20-6-3-18(4-7-20)15-33-11-9-32(2)10-12-33/h3-6,12-14H,7-11H2,1-2H3,(H,32,33,34);3-6,12-13,15,34H,7-11,14H2,1-2H3,(H,29,30,31);3-8,14,16H,9-13,15H2,1-2H3,(H,29,30,31). The van der Waals surface area contributed by atoms with E-state index in [1.807, 2.05) is 69.1 Å². The van der Waals surface area contributed by atoms with Crippen LogP contribution in [0.4, 0.5) is 85.4 Å². The van der Waals surface area contributed by atoms with Crippen molar-refractivity contribution in [2.75, 3.05) is 125 Å². The number of aromatic nitrogens is 6. The normalized spacial score (nSPS) is 16.0. The number of likely N-dealkylation sites (N-methyl/N-ethyl adjacent to an activating group) is 3. The molecular weight excluding hydrogens is 1380 g/mol. The Morgan fingerprint density at radius 3 is 1.27 bits per heavy atom. The molecule has 0 amide bonds. The molecule has 28 heteroatoms. The quantitative estimate of drug-likeness (QED) is 0.0632. The minimum atomic E-state index is -4.62. The number of fused-ring (bicyclic) bond motifs is 3. The maximum atomic E-state index is 15.2. The molecule has 4 N–H and O–H groups in total. The Hall–Kier alpha value is -10.7. The summed E-state index contributed by atoms with van der Waals surface area (Å²) in [5.74, 6) is -6.64. The van der Waals surface area contributed by atoms with Crippen LogP contribution in [0, 0.1) is 34.9 Å². The Bertz CT molecular complexity index is 4830. The lowest BCUT2D eigenvalue weighted by Gasteiger charge is -2.35. The third-order valence-electron chi connectivity index (χ3n) is 19.2. The Morgan fingerprint density at radius 1 is 0.434 bits per heavy atom. The number of piperazine rings is 3. The van der Waals surface area contributed by atoms with Gasteiger partial charge in [0.25, 0.3) is 17.6 Å². The number of hydrogen-bond donors (Lipinski definition) is 4. The highest BCUT2D eigenvalue weighted by Crippen LogP contribution is 2.42. The van der Waals surface area contributed by atoms with Gasteiger partial charge in [-0.25, -0.2) is 28.1 Å². The number of rotatable bonds is 17. The first kappa shape index (κ1) is 73.7. The Morgan fingerprint density at radius 2 is 0.840 bits per heavy atom. The van der Waals surface area contributed by atoms with Gasteiger partial charge in [0.1, 0.15) is 19.0 Å². The lowest BCUT2D eigenvalue weighted by molar-refractivity contribution is -0.137. The molecule has 3 aromatic heterocycles. The van der Waals surface area contributed by atoms with Crippen molar-refractivity contribution in [3.63, 3.8) is 0 Å². The zero-order valence-electron chi connectivity index (χ0n) is 59.2. The maximum absolute atomic E-state index is 15.2. The summed E-state index contributed by atoms with van der Waals surface area (Å²) in [6.07, 6.45) is 5.97. The molecule has 15 rings (SSSR count). The van der Waals surface area contributed by atoms with Crippen molar-refractivity contribution in [2.45, 2.75) is 59.4 Å². The lowest BCUT2D eigenvalue weighted by atomic mass is 10.1. The van der Waals surface area contributed by atoms with Crippen molar-refractivity contribution in [3.05, 3.63) is 218 Å². The van der Waals surface area contributed by atoms with E-state index in [1.165, 1.54) is 42.2 Å². The predicted molar refractivity (Wildman–Crippen MR) is 390 cm³/mol. The third kappa shape index (κ3) is 17.0. The molecule has 0 bridgehead atoms. The van der Waals surface area contributed by atoms with Crippen LogP contribution >= 0.6 is 0 Å². The van der Waals surface area contributed by atoms with Gasteiger partial charge >= 0.3 is 6.18 Å². The van der Waals surface area contributed by atoms with Gasteiger partial charge < -0.3 is 59.8 Å². The summed E-state index contributed by atoms with van der Waals surface area (Å²) in [4.78, 5) is 36.3. The minimum Gasteiger partial charge on any atom is -0.433 e. The fraction of sp³-hybridized carbons (Fsp3) is 0.308. The molecule has 9 aromatic rings. The van der Waals surface area contributed by atoms with E-state index in [9.17, 15) is 31.4 Å². The van der Waals surface area contributed by atoms with E-state index < -0.39 is 58.3 Å². The monoisotopic (exact) mass is 1460 g/mol. The van der Waals surface area contributed by atoms with E-state index in [0.29, 0.717) is 79.1 Å². The van der Waals surface area contributed by atoms with E-state index in [4.69, 9.17) is 14.2 Å². The first-order chi connectivity index (χ1) is 51.0. The maximum Gasteiger partial charge on any atom is 0.418 e. The van der Waals surface area contributed by atoms with Gasteiger partial charge in [0.15, 0.2) is 52.2 Å². The number of aliphatic hydroxyl groups is 1. The van der Waals surface area contributed by atoms with E-state index in [-0.39, 0.29) is 58.6 Å². The molecule has 0 atom stereocenters. The van der Waals surface area contributed by atoms with Gasteiger partial charge in [-0.2, -0.15) is 41.3 Å². The van der Waals surface area contributed by atoms with Gasteiger partial charge in [-0.05, 0) is 150 Å². The van der Waals surface area contributed by atoms with Gasteiger partial charge in [0.2, 0.25) is 17.5 Å². The molecule has 3 saturated heterocycles. The number of ether oxygens (including phenoxy) is 3. The molecule has 6 aliphatic rings. The van der Waals surface area contributed by atoms with Gasteiger partial charge in [0, 0.05) is 136 Å². The molecule has 0 saturated carbocycles. The van der Waals surface area contributed by atoms with Crippen LogP contribution in [0.3, 0.4) is 0 Å². The zero-order valence-corrected chi connectivity index (χ0v) is 59.2.